The minimum Gasteiger partial charge on any atom is -0.340 e. The quantitative estimate of drug-likeness (QED) is 0.836. The van der Waals surface area contributed by atoms with Crippen LogP contribution in [0.4, 0.5) is 0 Å². The molecule has 0 spiro atoms. The van der Waals surface area contributed by atoms with Crippen LogP contribution in [0.1, 0.15) is 32.1 Å². The molecule has 120 valence electrons. The molecule has 3 unspecified atom stereocenters. The molecule has 2 aliphatic carbocycles. The van der Waals surface area contributed by atoms with Crippen molar-refractivity contribution in [1.82, 2.24) is 15.1 Å². The summed E-state index contributed by atoms with van der Waals surface area (Å²) in [4.78, 5) is 17.4. The summed E-state index contributed by atoms with van der Waals surface area (Å²) in [5.74, 6) is 2.42. The van der Waals surface area contributed by atoms with Crippen LogP contribution in [0.25, 0.3) is 0 Å². The molecule has 4 aliphatic rings. The van der Waals surface area contributed by atoms with Gasteiger partial charge < -0.3 is 10.2 Å². The van der Waals surface area contributed by atoms with Crippen LogP contribution in [0.5, 0.6) is 0 Å². The molecule has 0 radical (unpaired) electrons. The Kier molecular flexibility index (Phi) is 4.77. The highest BCUT2D eigenvalue weighted by molar-refractivity contribution is 5.85. The van der Waals surface area contributed by atoms with Gasteiger partial charge in [-0.1, -0.05) is 12.8 Å². The van der Waals surface area contributed by atoms with Gasteiger partial charge in [-0.3, -0.25) is 9.69 Å². The fraction of sp³-hybridized carbons (Fsp3) is 0.938. The van der Waals surface area contributed by atoms with E-state index in [9.17, 15) is 4.79 Å². The molecule has 5 heteroatoms. The van der Waals surface area contributed by atoms with E-state index >= 15 is 0 Å². The van der Waals surface area contributed by atoms with Gasteiger partial charge in [0, 0.05) is 44.7 Å². The molecule has 21 heavy (non-hydrogen) atoms. The number of nitrogens with one attached hydrogen (secondary N) is 1. The van der Waals surface area contributed by atoms with E-state index in [0.29, 0.717) is 11.8 Å². The van der Waals surface area contributed by atoms with E-state index in [4.69, 9.17) is 0 Å². The monoisotopic (exact) mass is 313 g/mol. The first-order chi connectivity index (χ1) is 9.84. The normalized spacial score (nSPS) is 39.5. The zero-order chi connectivity index (χ0) is 13.5. The van der Waals surface area contributed by atoms with Crippen LogP contribution in [-0.4, -0.2) is 61.0 Å². The maximum atomic E-state index is 12.6. The van der Waals surface area contributed by atoms with Crippen LogP contribution in [0, 0.1) is 17.8 Å². The number of amides is 1. The van der Waals surface area contributed by atoms with Gasteiger partial charge in [-0.2, -0.15) is 0 Å². The third kappa shape index (κ3) is 2.95. The molecule has 4 fully saturated rings. The molecule has 0 bridgehead atoms. The minimum atomic E-state index is 0. The lowest BCUT2D eigenvalue weighted by Gasteiger charge is -2.38. The second-order valence-corrected chi connectivity index (χ2v) is 7.15. The molecular formula is C16H28ClN3O. The highest BCUT2D eigenvalue weighted by Crippen LogP contribution is 2.56. The van der Waals surface area contributed by atoms with Crippen molar-refractivity contribution >= 4 is 18.3 Å². The zero-order valence-corrected chi connectivity index (χ0v) is 13.6. The molecule has 1 N–H and O–H groups in total. The van der Waals surface area contributed by atoms with Gasteiger partial charge in [-0.05, 0) is 37.6 Å². The first-order valence-corrected chi connectivity index (χ1v) is 8.58. The lowest BCUT2D eigenvalue weighted by atomic mass is 10.0. The first-order valence-electron chi connectivity index (χ1n) is 8.58. The van der Waals surface area contributed by atoms with Crippen LogP contribution < -0.4 is 5.32 Å². The van der Waals surface area contributed by atoms with Crippen molar-refractivity contribution < 1.29 is 4.79 Å². The van der Waals surface area contributed by atoms with Crippen LogP contribution in [0.15, 0.2) is 0 Å². The van der Waals surface area contributed by atoms with Crippen molar-refractivity contribution in [3.8, 4) is 0 Å². The Morgan fingerprint density at radius 3 is 2.19 bits per heavy atom. The zero-order valence-electron chi connectivity index (χ0n) is 12.8. The Bertz CT molecular complexity index is 366. The van der Waals surface area contributed by atoms with E-state index in [0.717, 1.165) is 57.1 Å². The SMILES string of the molecule is Cl.O=C(C1C2CCCCC21)N1CCN(C2CCNC2)CC1. The van der Waals surface area contributed by atoms with Gasteiger partial charge in [0.05, 0.1) is 0 Å². The fourth-order valence-electron chi connectivity index (χ4n) is 4.83. The second kappa shape index (κ2) is 6.43. The molecule has 2 saturated carbocycles. The third-order valence-electron chi connectivity index (χ3n) is 6.12. The Labute approximate surface area is 134 Å². The fourth-order valence-corrected chi connectivity index (χ4v) is 4.83. The maximum absolute atomic E-state index is 12.6. The van der Waals surface area contributed by atoms with E-state index in [1.807, 2.05) is 0 Å². The van der Waals surface area contributed by atoms with Gasteiger partial charge in [0.25, 0.3) is 0 Å². The number of fused-ring (bicyclic) bond motifs is 1. The smallest absolute Gasteiger partial charge is 0.226 e. The topological polar surface area (TPSA) is 35.6 Å². The average molecular weight is 314 g/mol. The lowest BCUT2D eigenvalue weighted by Crippen LogP contribution is -2.52. The summed E-state index contributed by atoms with van der Waals surface area (Å²) in [7, 11) is 0. The number of hydrogen-bond acceptors (Lipinski definition) is 3. The Morgan fingerprint density at radius 2 is 1.62 bits per heavy atom. The highest BCUT2D eigenvalue weighted by Gasteiger charge is 2.55. The number of hydrogen-bond donors (Lipinski definition) is 1. The Hall–Kier alpha value is -0.320. The van der Waals surface area contributed by atoms with Crippen LogP contribution in [-0.2, 0) is 4.79 Å². The van der Waals surface area contributed by atoms with Crippen molar-refractivity contribution in [3.05, 3.63) is 0 Å². The molecule has 2 heterocycles. The molecule has 0 aromatic rings. The molecule has 0 aromatic heterocycles. The first kappa shape index (κ1) is 15.6. The number of halogens is 1. The molecule has 2 aliphatic heterocycles. The summed E-state index contributed by atoms with van der Waals surface area (Å²) in [5.41, 5.74) is 0. The summed E-state index contributed by atoms with van der Waals surface area (Å²) < 4.78 is 0. The van der Waals surface area contributed by atoms with Crippen LogP contribution >= 0.6 is 12.4 Å². The number of nitrogens with zero attached hydrogens (tertiary/aromatic N) is 2. The second-order valence-electron chi connectivity index (χ2n) is 7.15. The van der Waals surface area contributed by atoms with Crippen molar-refractivity contribution in [2.45, 2.75) is 38.1 Å². The Morgan fingerprint density at radius 1 is 0.952 bits per heavy atom. The van der Waals surface area contributed by atoms with Crippen molar-refractivity contribution in [3.63, 3.8) is 0 Å². The van der Waals surface area contributed by atoms with Gasteiger partial charge in [-0.15, -0.1) is 12.4 Å². The molecule has 1 amide bonds. The Balaban J connectivity index is 0.00000132. The van der Waals surface area contributed by atoms with E-state index in [1.165, 1.54) is 32.1 Å². The van der Waals surface area contributed by atoms with E-state index in [-0.39, 0.29) is 12.4 Å². The van der Waals surface area contributed by atoms with E-state index < -0.39 is 0 Å². The van der Waals surface area contributed by atoms with E-state index in [1.54, 1.807) is 0 Å². The summed E-state index contributed by atoms with van der Waals surface area (Å²) in [6.45, 7) is 6.40. The summed E-state index contributed by atoms with van der Waals surface area (Å²) >= 11 is 0. The molecule has 4 nitrogen and oxygen atoms in total. The average Bonchev–Trinajstić information content (AvgIpc) is 2.96. The third-order valence-corrected chi connectivity index (χ3v) is 6.12. The number of carbonyl (C=O) groups excluding carboxylic acids is 1. The van der Waals surface area contributed by atoms with Gasteiger partial charge in [0.2, 0.25) is 5.91 Å². The summed E-state index contributed by atoms with van der Waals surface area (Å²) in [6, 6.07) is 0.718. The van der Waals surface area contributed by atoms with Gasteiger partial charge >= 0.3 is 0 Å². The minimum absolute atomic E-state index is 0. The largest absolute Gasteiger partial charge is 0.340 e. The predicted octanol–water partition coefficient (Wildman–Crippen LogP) is 1.35. The molecule has 0 aromatic carbocycles. The summed E-state index contributed by atoms with van der Waals surface area (Å²) in [5, 5.41) is 3.44. The number of carbonyl (C=O) groups is 1. The van der Waals surface area contributed by atoms with Gasteiger partial charge in [-0.25, -0.2) is 0 Å². The maximum Gasteiger partial charge on any atom is 0.226 e. The lowest BCUT2D eigenvalue weighted by molar-refractivity contribution is -0.135. The van der Waals surface area contributed by atoms with Gasteiger partial charge in [0.15, 0.2) is 0 Å². The summed E-state index contributed by atoms with van der Waals surface area (Å²) in [6.07, 6.45) is 6.62. The predicted molar refractivity (Wildman–Crippen MR) is 85.6 cm³/mol. The number of piperazine rings is 1. The molecule has 4 rings (SSSR count). The molecule has 3 atom stereocenters. The van der Waals surface area contributed by atoms with Crippen molar-refractivity contribution in [2.24, 2.45) is 17.8 Å². The molecular weight excluding hydrogens is 286 g/mol. The van der Waals surface area contributed by atoms with E-state index in [2.05, 4.69) is 15.1 Å². The standard InChI is InChI=1S/C16H27N3O.ClH/c20-16(15-13-3-1-2-4-14(13)15)19-9-7-18(8-10-19)12-5-6-17-11-12;/h12-15,17H,1-11H2;1H. The number of rotatable bonds is 2. The van der Waals surface area contributed by atoms with Gasteiger partial charge in [0.1, 0.15) is 0 Å². The van der Waals surface area contributed by atoms with Crippen LogP contribution in [0.3, 0.4) is 0 Å². The van der Waals surface area contributed by atoms with Crippen molar-refractivity contribution in [2.75, 3.05) is 39.3 Å². The van der Waals surface area contributed by atoms with Crippen molar-refractivity contribution in [1.29, 1.82) is 0 Å². The van der Waals surface area contributed by atoms with Crippen LogP contribution in [0.2, 0.25) is 0 Å². The highest BCUT2D eigenvalue weighted by atomic mass is 35.5. The molecule has 2 saturated heterocycles.